The molecule has 1 aromatic rings. The van der Waals surface area contributed by atoms with Gasteiger partial charge in [0.2, 0.25) is 0 Å². The maximum Gasteiger partial charge on any atom is 0.0762 e. The molecule has 0 aromatic heterocycles. The lowest BCUT2D eigenvalue weighted by Gasteiger charge is -2.21. The number of anilines is 2. The van der Waals surface area contributed by atoms with Gasteiger partial charge in [0.25, 0.3) is 0 Å². The summed E-state index contributed by atoms with van der Waals surface area (Å²) in [6.07, 6.45) is 2.53. The zero-order chi connectivity index (χ0) is 11.0. The Bertz CT molecular complexity index is 379. The van der Waals surface area contributed by atoms with Gasteiger partial charge in [-0.15, -0.1) is 9.24 Å². The van der Waals surface area contributed by atoms with E-state index in [-0.39, 0.29) is 0 Å². The van der Waals surface area contributed by atoms with E-state index < -0.39 is 0 Å². The quantitative estimate of drug-likeness (QED) is 0.366. The van der Waals surface area contributed by atoms with Gasteiger partial charge in [-0.25, -0.2) is 5.84 Å². The van der Waals surface area contributed by atoms with Crippen LogP contribution < -0.4 is 21.9 Å². The molecule has 3 nitrogen and oxygen atoms in total. The number of rotatable bonds is 3. The number of hydrazine groups is 1. The first-order valence-corrected chi connectivity index (χ1v) is 5.91. The van der Waals surface area contributed by atoms with Crippen LogP contribution in [0.5, 0.6) is 0 Å². The van der Waals surface area contributed by atoms with Crippen LogP contribution in [0, 0.1) is 5.92 Å². The molecule has 1 aliphatic carbocycles. The van der Waals surface area contributed by atoms with E-state index >= 15 is 0 Å². The van der Waals surface area contributed by atoms with Crippen molar-refractivity contribution in [3.05, 3.63) is 17.2 Å². The van der Waals surface area contributed by atoms with E-state index in [9.17, 15) is 0 Å². The lowest BCUT2D eigenvalue weighted by atomic mass is 10.2. The Morgan fingerprint density at radius 1 is 1.47 bits per heavy atom. The normalized spacial score (nSPS) is 15.4. The Kier molecular flexibility index (Phi) is 3.06. The van der Waals surface area contributed by atoms with E-state index in [1.807, 2.05) is 12.1 Å². The van der Waals surface area contributed by atoms with Crippen LogP contribution in [0.2, 0.25) is 5.02 Å². The molecule has 0 aliphatic heterocycles. The zero-order valence-electron chi connectivity index (χ0n) is 8.41. The molecule has 0 saturated heterocycles. The molecule has 2 rings (SSSR count). The molecule has 15 heavy (non-hydrogen) atoms. The highest BCUT2D eigenvalue weighted by Crippen LogP contribution is 2.33. The third-order valence-corrected chi connectivity index (χ3v) is 3.73. The van der Waals surface area contributed by atoms with Crippen molar-refractivity contribution in [2.45, 2.75) is 12.8 Å². The average molecular weight is 244 g/mol. The highest BCUT2D eigenvalue weighted by atomic mass is 35.5. The zero-order valence-corrected chi connectivity index (χ0v) is 10.3. The van der Waals surface area contributed by atoms with Crippen LogP contribution in [0.25, 0.3) is 0 Å². The van der Waals surface area contributed by atoms with Crippen molar-refractivity contribution >= 4 is 37.5 Å². The van der Waals surface area contributed by atoms with Gasteiger partial charge in [-0.1, -0.05) is 17.7 Å². The Labute approximate surface area is 96.9 Å². The van der Waals surface area contributed by atoms with E-state index in [1.165, 1.54) is 12.8 Å². The van der Waals surface area contributed by atoms with Crippen LogP contribution in [-0.4, -0.2) is 6.54 Å². The lowest BCUT2D eigenvalue weighted by molar-refractivity contribution is 0.751. The summed E-state index contributed by atoms with van der Waals surface area (Å²) >= 11 is 6.05. The van der Waals surface area contributed by atoms with Crippen LogP contribution in [0.4, 0.5) is 11.4 Å². The van der Waals surface area contributed by atoms with Crippen LogP contribution in [0.15, 0.2) is 12.1 Å². The maximum atomic E-state index is 6.05. The van der Waals surface area contributed by atoms with Crippen LogP contribution in [-0.2, 0) is 0 Å². The van der Waals surface area contributed by atoms with Crippen molar-refractivity contribution in [2.75, 3.05) is 17.3 Å². The fraction of sp³-hybridized carbons (Fsp3) is 0.400. The number of nitrogen functional groups attached to an aromatic ring is 1. The van der Waals surface area contributed by atoms with Gasteiger partial charge in [0.05, 0.1) is 16.4 Å². The maximum absolute atomic E-state index is 6.05. The molecule has 0 bridgehead atoms. The SMILES string of the molecule is Nc1c(N(N)CC2CC2)ccc(P)c1Cl. The van der Waals surface area contributed by atoms with Crippen molar-refractivity contribution < 1.29 is 0 Å². The topological polar surface area (TPSA) is 55.3 Å². The summed E-state index contributed by atoms with van der Waals surface area (Å²) in [5.74, 6) is 6.67. The number of halogens is 1. The second-order valence-electron chi connectivity index (χ2n) is 4.00. The van der Waals surface area contributed by atoms with Gasteiger partial charge >= 0.3 is 0 Å². The lowest BCUT2D eigenvalue weighted by Crippen LogP contribution is -2.33. The van der Waals surface area contributed by atoms with Crippen molar-refractivity contribution in [3.63, 3.8) is 0 Å². The first-order valence-electron chi connectivity index (χ1n) is 4.95. The van der Waals surface area contributed by atoms with Gasteiger partial charge in [0.15, 0.2) is 0 Å². The van der Waals surface area contributed by atoms with Gasteiger partial charge in [-0.05, 0) is 30.1 Å². The molecule has 5 heteroatoms. The third-order valence-electron chi connectivity index (χ3n) is 2.65. The first-order chi connectivity index (χ1) is 7.09. The molecule has 0 spiro atoms. The number of nitrogens with two attached hydrogens (primary N) is 2. The second kappa shape index (κ2) is 4.17. The monoisotopic (exact) mass is 243 g/mol. The van der Waals surface area contributed by atoms with Gasteiger partial charge in [0, 0.05) is 6.54 Å². The standard InChI is InChI=1S/C10H15ClN3P/c11-9-8(15)4-3-7(10(9)12)14(13)5-6-1-2-6/h3-4,6H,1-2,5,12-13,15H2. The molecular weight excluding hydrogens is 229 g/mol. The first kappa shape index (κ1) is 11.0. The average Bonchev–Trinajstić information content (AvgIpc) is 2.98. The van der Waals surface area contributed by atoms with Crippen LogP contribution in [0.3, 0.4) is 0 Å². The van der Waals surface area contributed by atoms with Crippen LogP contribution in [0.1, 0.15) is 12.8 Å². The van der Waals surface area contributed by atoms with E-state index in [2.05, 4.69) is 9.24 Å². The van der Waals surface area contributed by atoms with E-state index in [0.717, 1.165) is 23.5 Å². The van der Waals surface area contributed by atoms with E-state index in [0.29, 0.717) is 10.7 Å². The summed E-state index contributed by atoms with van der Waals surface area (Å²) < 4.78 is 0. The minimum atomic E-state index is 0.562. The summed E-state index contributed by atoms with van der Waals surface area (Å²) in [4.78, 5) is 0. The molecule has 0 amide bonds. The van der Waals surface area contributed by atoms with Gasteiger partial charge in [0.1, 0.15) is 0 Å². The van der Waals surface area contributed by atoms with Crippen molar-refractivity contribution in [2.24, 2.45) is 11.8 Å². The van der Waals surface area contributed by atoms with Crippen LogP contribution >= 0.6 is 20.8 Å². The van der Waals surface area contributed by atoms with Gasteiger partial charge in [-0.3, -0.25) is 0 Å². The molecular formula is C10H15ClN3P. The molecule has 0 heterocycles. The molecule has 4 N–H and O–H groups in total. The Morgan fingerprint density at radius 2 is 2.13 bits per heavy atom. The molecule has 1 fully saturated rings. The smallest absolute Gasteiger partial charge is 0.0762 e. The van der Waals surface area contributed by atoms with Crippen molar-refractivity contribution in [1.82, 2.24) is 0 Å². The van der Waals surface area contributed by atoms with Gasteiger partial charge < -0.3 is 10.7 Å². The fourth-order valence-electron chi connectivity index (χ4n) is 1.53. The molecule has 1 aliphatic rings. The Hall–Kier alpha value is -0.500. The minimum absolute atomic E-state index is 0.562. The summed E-state index contributed by atoms with van der Waals surface area (Å²) in [5.41, 5.74) is 7.29. The largest absolute Gasteiger partial charge is 0.396 e. The number of hydrogen-bond donors (Lipinski definition) is 2. The summed E-state index contributed by atoms with van der Waals surface area (Å²) in [6, 6.07) is 3.82. The minimum Gasteiger partial charge on any atom is -0.396 e. The van der Waals surface area contributed by atoms with Gasteiger partial charge in [-0.2, -0.15) is 0 Å². The third kappa shape index (κ3) is 2.36. The van der Waals surface area contributed by atoms with Crippen molar-refractivity contribution in [3.8, 4) is 0 Å². The molecule has 1 unspecified atom stereocenters. The summed E-state index contributed by atoms with van der Waals surface area (Å²) in [6.45, 7) is 0.858. The second-order valence-corrected chi connectivity index (χ2v) is 5.00. The Balaban J connectivity index is 2.22. The molecule has 1 atom stereocenters. The van der Waals surface area contributed by atoms with E-state index in [1.54, 1.807) is 5.01 Å². The number of nitrogens with zero attached hydrogens (tertiary/aromatic N) is 1. The van der Waals surface area contributed by atoms with E-state index in [4.69, 9.17) is 23.2 Å². The summed E-state index contributed by atoms with van der Waals surface area (Å²) in [7, 11) is 2.55. The molecule has 0 radical (unpaired) electrons. The number of benzene rings is 1. The fourth-order valence-corrected chi connectivity index (χ4v) is 1.94. The number of hydrogen-bond acceptors (Lipinski definition) is 3. The molecule has 1 aromatic carbocycles. The molecule has 1 saturated carbocycles. The molecule has 82 valence electrons. The predicted octanol–water partition coefficient (Wildman–Crippen LogP) is 1.51. The Morgan fingerprint density at radius 3 is 2.73 bits per heavy atom. The van der Waals surface area contributed by atoms with Crippen molar-refractivity contribution in [1.29, 1.82) is 0 Å². The highest BCUT2D eigenvalue weighted by Gasteiger charge is 2.24. The predicted molar refractivity (Wildman–Crippen MR) is 69.5 cm³/mol. The summed E-state index contributed by atoms with van der Waals surface area (Å²) in [5, 5.41) is 3.17. The highest BCUT2D eigenvalue weighted by molar-refractivity contribution is 7.28.